The zero-order valence-corrected chi connectivity index (χ0v) is 13.2. The van der Waals surface area contributed by atoms with E-state index in [9.17, 15) is 9.59 Å². The number of hydrogen-bond donors (Lipinski definition) is 1. The number of carbonyl (C=O) groups is 1. The molecule has 0 radical (unpaired) electrons. The van der Waals surface area contributed by atoms with Crippen molar-refractivity contribution in [3.8, 4) is 0 Å². The van der Waals surface area contributed by atoms with Crippen LogP contribution in [0, 0.1) is 0 Å². The molecule has 0 aromatic heterocycles. The molecule has 2 rings (SSSR count). The molecule has 110 valence electrons. The van der Waals surface area contributed by atoms with Crippen LogP contribution in [0.1, 0.15) is 64.7 Å². The molecular formula is C15H28O3Si. The van der Waals surface area contributed by atoms with Crippen molar-refractivity contribution in [2.45, 2.75) is 81.8 Å². The topological polar surface area (TPSA) is 46.5 Å². The molecule has 2 aliphatic carbocycles. The molecule has 2 fully saturated rings. The quantitative estimate of drug-likeness (QED) is 0.459. The molecule has 0 amide bonds. The first kappa shape index (κ1) is 15.0. The highest BCUT2D eigenvalue weighted by molar-refractivity contribution is 6.75. The molecular weight excluding hydrogens is 256 g/mol. The van der Waals surface area contributed by atoms with Gasteiger partial charge in [0.2, 0.25) is 0 Å². The van der Waals surface area contributed by atoms with Crippen LogP contribution in [-0.4, -0.2) is 25.7 Å². The summed E-state index contributed by atoms with van der Waals surface area (Å²) < 4.78 is 5.03. The average Bonchev–Trinajstić information content (AvgIpc) is 3.05. The highest BCUT2D eigenvalue weighted by Crippen LogP contribution is 2.50. The molecule has 4 heteroatoms. The first-order valence-electron chi connectivity index (χ1n) is 7.98. The fraction of sp³-hybridized carbons (Fsp3) is 0.933. The third-order valence-electron chi connectivity index (χ3n) is 5.15. The van der Waals surface area contributed by atoms with Crippen molar-refractivity contribution in [1.29, 1.82) is 0 Å². The summed E-state index contributed by atoms with van der Waals surface area (Å²) in [6, 6.07) is 0.940. The summed E-state index contributed by atoms with van der Waals surface area (Å²) >= 11 is 0. The first-order chi connectivity index (χ1) is 9.13. The molecule has 0 atom stereocenters. The van der Waals surface area contributed by atoms with Crippen LogP contribution in [-0.2, 0) is 9.53 Å². The molecule has 0 saturated heterocycles. The maximum absolute atomic E-state index is 11.4. The van der Waals surface area contributed by atoms with Gasteiger partial charge in [-0.3, -0.25) is 4.79 Å². The lowest BCUT2D eigenvalue weighted by atomic mass is 10.3. The van der Waals surface area contributed by atoms with E-state index in [1.54, 1.807) is 0 Å². The van der Waals surface area contributed by atoms with Gasteiger partial charge in [-0.15, -0.1) is 0 Å². The summed E-state index contributed by atoms with van der Waals surface area (Å²) in [4.78, 5) is 22.2. The molecule has 2 saturated carbocycles. The van der Waals surface area contributed by atoms with Gasteiger partial charge in [0.05, 0.1) is 6.61 Å². The molecule has 2 aliphatic rings. The molecule has 0 heterocycles. The first-order valence-corrected chi connectivity index (χ1v) is 10.3. The van der Waals surface area contributed by atoms with E-state index in [1.807, 2.05) is 0 Å². The van der Waals surface area contributed by atoms with Gasteiger partial charge in [-0.2, -0.15) is 0 Å². The van der Waals surface area contributed by atoms with Gasteiger partial charge in [-0.05, 0) is 23.5 Å². The fourth-order valence-corrected chi connectivity index (χ4v) is 9.17. The van der Waals surface area contributed by atoms with E-state index >= 15 is 0 Å². The van der Waals surface area contributed by atoms with Crippen molar-refractivity contribution in [3.63, 3.8) is 0 Å². The standard InChI is InChI=1S/C15H28O3Si/c1-13(16)18-11-6-12-19(17,14-7-2-3-8-14)15-9-4-5-10-15/h14-15,17H,2-12H2,1H3. The second kappa shape index (κ2) is 6.89. The van der Waals surface area contributed by atoms with Crippen molar-refractivity contribution < 1.29 is 14.3 Å². The maximum Gasteiger partial charge on any atom is 0.302 e. The second-order valence-electron chi connectivity index (χ2n) is 6.40. The van der Waals surface area contributed by atoms with Gasteiger partial charge >= 0.3 is 5.97 Å². The van der Waals surface area contributed by atoms with Gasteiger partial charge in [-0.1, -0.05) is 51.4 Å². The Bertz CT molecular complexity index is 278. The lowest BCUT2D eigenvalue weighted by molar-refractivity contribution is -0.140. The van der Waals surface area contributed by atoms with E-state index in [-0.39, 0.29) is 5.97 Å². The third-order valence-corrected chi connectivity index (χ3v) is 10.3. The lowest BCUT2D eigenvalue weighted by Crippen LogP contribution is -2.43. The van der Waals surface area contributed by atoms with E-state index in [0.717, 1.165) is 12.5 Å². The summed E-state index contributed by atoms with van der Waals surface area (Å²) in [6.07, 6.45) is 11.0. The minimum atomic E-state index is -2.15. The Hall–Kier alpha value is -0.353. The largest absolute Gasteiger partial charge is 0.466 e. The Labute approximate surface area is 117 Å². The van der Waals surface area contributed by atoms with Crippen LogP contribution in [0.3, 0.4) is 0 Å². The van der Waals surface area contributed by atoms with Crippen molar-refractivity contribution in [2.75, 3.05) is 6.61 Å². The predicted octanol–water partition coefficient (Wildman–Crippen LogP) is 3.77. The number of ether oxygens (including phenoxy) is 1. The minimum Gasteiger partial charge on any atom is -0.466 e. The van der Waals surface area contributed by atoms with E-state index < -0.39 is 8.32 Å². The minimum absolute atomic E-state index is 0.202. The van der Waals surface area contributed by atoms with Crippen LogP contribution >= 0.6 is 0 Å². The maximum atomic E-state index is 11.4. The number of esters is 1. The smallest absolute Gasteiger partial charge is 0.302 e. The summed E-state index contributed by atoms with van der Waals surface area (Å²) in [5.74, 6) is -0.202. The van der Waals surface area contributed by atoms with Crippen molar-refractivity contribution in [1.82, 2.24) is 0 Å². The molecule has 19 heavy (non-hydrogen) atoms. The molecule has 3 nitrogen and oxygen atoms in total. The number of carbonyl (C=O) groups excluding carboxylic acids is 1. The van der Waals surface area contributed by atoms with Crippen molar-refractivity contribution in [3.05, 3.63) is 0 Å². The molecule has 1 N–H and O–H groups in total. The van der Waals surface area contributed by atoms with Crippen LogP contribution < -0.4 is 0 Å². The Morgan fingerprint density at radius 3 is 2.00 bits per heavy atom. The van der Waals surface area contributed by atoms with E-state index in [4.69, 9.17) is 4.74 Å². The van der Waals surface area contributed by atoms with Gasteiger partial charge < -0.3 is 9.53 Å². The Balaban J connectivity index is 1.91. The number of rotatable bonds is 6. The molecule has 0 aromatic carbocycles. The van der Waals surface area contributed by atoms with E-state index in [1.165, 1.54) is 58.3 Å². The van der Waals surface area contributed by atoms with Crippen molar-refractivity contribution >= 4 is 14.3 Å². The third kappa shape index (κ3) is 3.82. The summed E-state index contributed by atoms with van der Waals surface area (Å²) in [6.45, 7) is 1.95. The fourth-order valence-electron chi connectivity index (χ4n) is 4.16. The molecule has 0 spiro atoms. The van der Waals surface area contributed by atoms with Gasteiger partial charge in [0.1, 0.15) is 0 Å². The SMILES string of the molecule is CC(=O)OCCC[Si](O)(C1CCCC1)C1CCCC1. The van der Waals surface area contributed by atoms with Crippen molar-refractivity contribution in [2.24, 2.45) is 0 Å². The lowest BCUT2D eigenvalue weighted by Gasteiger charge is -2.37. The van der Waals surface area contributed by atoms with Gasteiger partial charge in [-0.25, -0.2) is 0 Å². The van der Waals surface area contributed by atoms with E-state index in [2.05, 4.69) is 0 Å². The zero-order valence-electron chi connectivity index (χ0n) is 12.2. The Kier molecular flexibility index (Phi) is 5.45. The second-order valence-corrected chi connectivity index (χ2v) is 10.5. The average molecular weight is 284 g/mol. The molecule has 0 unspecified atom stereocenters. The van der Waals surface area contributed by atoms with E-state index in [0.29, 0.717) is 17.7 Å². The van der Waals surface area contributed by atoms with Gasteiger partial charge in [0.25, 0.3) is 0 Å². The molecule has 0 aliphatic heterocycles. The normalized spacial score (nSPS) is 22.0. The van der Waals surface area contributed by atoms with Crippen LogP contribution in [0.15, 0.2) is 0 Å². The van der Waals surface area contributed by atoms with Gasteiger partial charge in [0, 0.05) is 6.92 Å². The van der Waals surface area contributed by atoms with Crippen LogP contribution in [0.2, 0.25) is 17.1 Å². The Morgan fingerprint density at radius 1 is 1.11 bits per heavy atom. The monoisotopic (exact) mass is 284 g/mol. The zero-order chi connectivity index (χ0) is 13.7. The molecule has 0 aromatic rings. The van der Waals surface area contributed by atoms with Crippen LogP contribution in [0.5, 0.6) is 0 Å². The highest BCUT2D eigenvalue weighted by atomic mass is 28.4. The Morgan fingerprint density at radius 2 is 1.58 bits per heavy atom. The highest BCUT2D eigenvalue weighted by Gasteiger charge is 2.47. The summed E-state index contributed by atoms with van der Waals surface area (Å²) in [7, 11) is -2.15. The number of hydrogen-bond acceptors (Lipinski definition) is 3. The summed E-state index contributed by atoms with van der Waals surface area (Å²) in [5, 5.41) is 0. The van der Waals surface area contributed by atoms with Crippen LogP contribution in [0.25, 0.3) is 0 Å². The van der Waals surface area contributed by atoms with Gasteiger partial charge in [0.15, 0.2) is 8.32 Å². The summed E-state index contributed by atoms with van der Waals surface area (Å²) in [5.41, 5.74) is 1.24. The molecule has 0 bridgehead atoms. The van der Waals surface area contributed by atoms with Crippen LogP contribution in [0.4, 0.5) is 0 Å². The predicted molar refractivity (Wildman–Crippen MR) is 78.5 cm³/mol.